The number of fused-ring (bicyclic) bond motifs is 1. The molecule has 0 spiro atoms. The van der Waals surface area contributed by atoms with Crippen molar-refractivity contribution >= 4 is 38.3 Å². The van der Waals surface area contributed by atoms with E-state index in [-0.39, 0.29) is 0 Å². The summed E-state index contributed by atoms with van der Waals surface area (Å²) in [6.45, 7) is 1.60. The molecule has 0 unspecified atom stereocenters. The summed E-state index contributed by atoms with van der Waals surface area (Å²) in [4.78, 5) is 18.1. The summed E-state index contributed by atoms with van der Waals surface area (Å²) >= 11 is 3.44. The van der Waals surface area contributed by atoms with E-state index in [1.54, 1.807) is 0 Å². The van der Waals surface area contributed by atoms with E-state index >= 15 is 0 Å². The van der Waals surface area contributed by atoms with Gasteiger partial charge < -0.3 is 4.90 Å². The fraction of sp³-hybridized carbons (Fsp3) is 0.286. The molecule has 1 saturated heterocycles. The summed E-state index contributed by atoms with van der Waals surface area (Å²) in [5.41, 5.74) is 2.14. The third-order valence-electron chi connectivity index (χ3n) is 3.32. The van der Waals surface area contributed by atoms with Gasteiger partial charge in [0, 0.05) is 42.0 Å². The van der Waals surface area contributed by atoms with Crippen LogP contribution in [0.25, 0.3) is 10.9 Å². The second-order valence-corrected chi connectivity index (χ2v) is 5.44. The predicted octanol–water partition coefficient (Wildman–Crippen LogP) is 3.17. The first-order chi connectivity index (χ1) is 8.74. The second kappa shape index (κ2) is 4.69. The van der Waals surface area contributed by atoms with Crippen molar-refractivity contribution in [3.8, 4) is 0 Å². The minimum atomic E-state index is 0.363. The average Bonchev–Trinajstić information content (AvgIpc) is 2.38. The number of Topliss-reactive ketones (excluding diaryl/α,β-unsaturated/α-hetero) is 1. The zero-order valence-electron chi connectivity index (χ0n) is 9.90. The standard InChI is InChI=1S/C14H13BrN2O/c15-11-8-10-2-1-3-13(14(10)16-9-11)17-6-4-12(18)5-7-17/h1-3,8-9H,4-7H2. The molecule has 1 aliphatic heterocycles. The van der Waals surface area contributed by atoms with Gasteiger partial charge >= 0.3 is 0 Å². The van der Waals surface area contributed by atoms with Crippen molar-refractivity contribution in [1.29, 1.82) is 0 Å². The van der Waals surface area contributed by atoms with Gasteiger partial charge in [-0.2, -0.15) is 0 Å². The molecule has 2 aromatic rings. The first-order valence-corrected chi connectivity index (χ1v) is 6.84. The zero-order chi connectivity index (χ0) is 12.5. The molecule has 0 saturated carbocycles. The first kappa shape index (κ1) is 11.7. The van der Waals surface area contributed by atoms with Crippen LogP contribution in [-0.2, 0) is 4.79 Å². The number of anilines is 1. The number of hydrogen-bond donors (Lipinski definition) is 0. The Morgan fingerprint density at radius 3 is 2.78 bits per heavy atom. The maximum atomic E-state index is 11.3. The molecule has 0 radical (unpaired) electrons. The van der Waals surface area contributed by atoms with Crippen LogP contribution in [0.3, 0.4) is 0 Å². The van der Waals surface area contributed by atoms with Gasteiger partial charge in [0.15, 0.2) is 0 Å². The Kier molecular flexibility index (Phi) is 3.04. The Hall–Kier alpha value is -1.42. The van der Waals surface area contributed by atoms with Crippen LogP contribution in [0.4, 0.5) is 5.69 Å². The molecular weight excluding hydrogens is 292 g/mol. The lowest BCUT2D eigenvalue weighted by molar-refractivity contribution is -0.119. The molecular formula is C14H13BrN2O. The van der Waals surface area contributed by atoms with E-state index in [4.69, 9.17) is 0 Å². The molecule has 0 atom stereocenters. The maximum absolute atomic E-state index is 11.3. The fourth-order valence-corrected chi connectivity index (χ4v) is 2.72. The highest BCUT2D eigenvalue weighted by atomic mass is 79.9. The van der Waals surface area contributed by atoms with E-state index in [0.29, 0.717) is 18.6 Å². The van der Waals surface area contributed by atoms with Crippen LogP contribution in [0, 0.1) is 0 Å². The average molecular weight is 305 g/mol. The number of carbonyl (C=O) groups excluding carboxylic acids is 1. The molecule has 3 rings (SSSR count). The number of para-hydroxylation sites is 1. The number of carbonyl (C=O) groups is 1. The third kappa shape index (κ3) is 2.12. The molecule has 0 bridgehead atoms. The Labute approximate surface area is 114 Å². The number of hydrogen-bond acceptors (Lipinski definition) is 3. The third-order valence-corrected chi connectivity index (χ3v) is 3.75. The van der Waals surface area contributed by atoms with Crippen LogP contribution in [0.15, 0.2) is 34.9 Å². The van der Waals surface area contributed by atoms with Gasteiger partial charge in [0.1, 0.15) is 5.78 Å². The molecule has 3 nitrogen and oxygen atoms in total. The topological polar surface area (TPSA) is 33.2 Å². The van der Waals surface area contributed by atoms with E-state index in [1.807, 2.05) is 12.3 Å². The van der Waals surface area contributed by atoms with E-state index in [9.17, 15) is 4.79 Å². The lowest BCUT2D eigenvalue weighted by Crippen LogP contribution is -2.33. The summed E-state index contributed by atoms with van der Waals surface area (Å²) in [5.74, 6) is 0.363. The van der Waals surface area contributed by atoms with Gasteiger partial charge in [-0.25, -0.2) is 0 Å². The number of rotatable bonds is 1. The number of ketones is 1. The highest BCUT2D eigenvalue weighted by Gasteiger charge is 2.18. The van der Waals surface area contributed by atoms with Gasteiger partial charge in [-0.15, -0.1) is 0 Å². The molecule has 92 valence electrons. The van der Waals surface area contributed by atoms with E-state index in [0.717, 1.165) is 34.2 Å². The van der Waals surface area contributed by atoms with Crippen LogP contribution < -0.4 is 4.90 Å². The van der Waals surface area contributed by atoms with Gasteiger partial charge in [-0.3, -0.25) is 9.78 Å². The van der Waals surface area contributed by atoms with E-state index in [1.165, 1.54) is 0 Å². The quantitative estimate of drug-likeness (QED) is 0.811. The highest BCUT2D eigenvalue weighted by molar-refractivity contribution is 9.10. The van der Waals surface area contributed by atoms with E-state index in [2.05, 4.69) is 44.0 Å². The Morgan fingerprint density at radius 2 is 2.00 bits per heavy atom. The number of nitrogens with zero attached hydrogens (tertiary/aromatic N) is 2. The second-order valence-electron chi connectivity index (χ2n) is 4.53. The van der Waals surface area contributed by atoms with Gasteiger partial charge in [-0.05, 0) is 28.1 Å². The van der Waals surface area contributed by atoms with Crippen molar-refractivity contribution in [2.45, 2.75) is 12.8 Å². The molecule has 0 N–H and O–H groups in total. The molecule has 1 fully saturated rings. The zero-order valence-corrected chi connectivity index (χ0v) is 11.5. The van der Waals surface area contributed by atoms with Crippen LogP contribution >= 0.6 is 15.9 Å². The van der Waals surface area contributed by atoms with Crippen LogP contribution in [-0.4, -0.2) is 23.9 Å². The molecule has 1 aliphatic rings. The van der Waals surface area contributed by atoms with Crippen molar-refractivity contribution in [3.63, 3.8) is 0 Å². The van der Waals surface area contributed by atoms with E-state index < -0.39 is 0 Å². The molecule has 18 heavy (non-hydrogen) atoms. The number of pyridine rings is 1. The summed E-state index contributed by atoms with van der Waals surface area (Å²) in [5, 5.41) is 1.12. The molecule has 0 aliphatic carbocycles. The summed E-state index contributed by atoms with van der Waals surface area (Å²) in [7, 11) is 0. The molecule has 1 aromatic heterocycles. The lowest BCUT2D eigenvalue weighted by Gasteiger charge is -2.28. The number of piperidine rings is 1. The van der Waals surface area contributed by atoms with Gasteiger partial charge in [0.05, 0.1) is 11.2 Å². The number of halogens is 1. The monoisotopic (exact) mass is 304 g/mol. The molecule has 0 amide bonds. The Balaban J connectivity index is 2.03. The van der Waals surface area contributed by atoms with Gasteiger partial charge in [0.25, 0.3) is 0 Å². The number of benzene rings is 1. The summed E-state index contributed by atoms with van der Waals surface area (Å²) < 4.78 is 0.987. The Bertz CT molecular complexity index is 602. The van der Waals surface area contributed by atoms with Crippen LogP contribution in [0.2, 0.25) is 0 Å². The summed E-state index contributed by atoms with van der Waals surface area (Å²) in [6, 6.07) is 8.26. The van der Waals surface area contributed by atoms with Crippen molar-refractivity contribution < 1.29 is 4.79 Å². The summed E-state index contributed by atoms with van der Waals surface area (Å²) in [6.07, 6.45) is 3.11. The lowest BCUT2D eigenvalue weighted by atomic mass is 10.1. The minimum Gasteiger partial charge on any atom is -0.369 e. The van der Waals surface area contributed by atoms with Gasteiger partial charge in [0.2, 0.25) is 0 Å². The predicted molar refractivity (Wildman–Crippen MR) is 75.9 cm³/mol. The maximum Gasteiger partial charge on any atom is 0.136 e. The van der Waals surface area contributed by atoms with Crippen LogP contribution in [0.5, 0.6) is 0 Å². The molecule has 2 heterocycles. The first-order valence-electron chi connectivity index (χ1n) is 6.05. The molecule has 1 aromatic carbocycles. The number of aromatic nitrogens is 1. The smallest absolute Gasteiger partial charge is 0.136 e. The van der Waals surface area contributed by atoms with Crippen molar-refractivity contribution in [3.05, 3.63) is 34.9 Å². The van der Waals surface area contributed by atoms with Crippen molar-refractivity contribution in [2.24, 2.45) is 0 Å². The fourth-order valence-electron chi connectivity index (χ4n) is 2.37. The SMILES string of the molecule is O=C1CCN(c2cccc3cc(Br)cnc23)CC1. The highest BCUT2D eigenvalue weighted by Crippen LogP contribution is 2.28. The Morgan fingerprint density at radius 1 is 1.22 bits per heavy atom. The largest absolute Gasteiger partial charge is 0.369 e. The van der Waals surface area contributed by atoms with Crippen molar-refractivity contribution in [1.82, 2.24) is 4.98 Å². The van der Waals surface area contributed by atoms with Crippen molar-refractivity contribution in [2.75, 3.05) is 18.0 Å². The minimum absolute atomic E-state index is 0.363. The van der Waals surface area contributed by atoms with Gasteiger partial charge in [-0.1, -0.05) is 12.1 Å². The molecule has 4 heteroatoms. The van der Waals surface area contributed by atoms with Crippen LogP contribution in [0.1, 0.15) is 12.8 Å². The normalized spacial score (nSPS) is 16.3.